The second-order valence-electron chi connectivity index (χ2n) is 1.26. The summed E-state index contributed by atoms with van der Waals surface area (Å²) in [5.74, 6) is 2.19. The monoisotopic (exact) mass is 99.1 g/mol. The zero-order valence-electron chi connectivity index (χ0n) is 4.48. The SMILES string of the molecule is C=C=[N+]([O-])CCC. The van der Waals surface area contributed by atoms with Gasteiger partial charge in [-0.05, 0) is 0 Å². The van der Waals surface area contributed by atoms with Crippen LogP contribution < -0.4 is 0 Å². The lowest BCUT2D eigenvalue weighted by atomic mass is 10.5. The van der Waals surface area contributed by atoms with Crippen molar-refractivity contribution in [3.8, 4) is 0 Å². The molecule has 0 aromatic heterocycles. The van der Waals surface area contributed by atoms with Crippen LogP contribution in [0.1, 0.15) is 13.3 Å². The van der Waals surface area contributed by atoms with E-state index in [9.17, 15) is 5.21 Å². The van der Waals surface area contributed by atoms with Gasteiger partial charge >= 0.3 is 0 Å². The summed E-state index contributed by atoms with van der Waals surface area (Å²) in [5.41, 5.74) is 0. The zero-order valence-corrected chi connectivity index (χ0v) is 4.48. The molecule has 0 amide bonds. The van der Waals surface area contributed by atoms with Crippen LogP contribution >= 0.6 is 0 Å². The fourth-order valence-corrected chi connectivity index (χ4v) is 0.282. The molecular weight excluding hydrogens is 90.1 g/mol. The first kappa shape index (κ1) is 6.25. The van der Waals surface area contributed by atoms with Crippen LogP contribution in [0, 0.1) is 5.21 Å². The van der Waals surface area contributed by atoms with E-state index in [0.29, 0.717) is 11.3 Å². The molecule has 0 rings (SSSR count). The summed E-state index contributed by atoms with van der Waals surface area (Å²) in [6.45, 7) is 5.60. The molecule has 0 aliphatic heterocycles. The highest BCUT2D eigenvalue weighted by Gasteiger charge is 1.81. The Morgan fingerprint density at radius 3 is 2.57 bits per heavy atom. The van der Waals surface area contributed by atoms with Gasteiger partial charge in [-0.1, -0.05) is 6.92 Å². The summed E-state index contributed by atoms with van der Waals surface area (Å²) in [5, 5.41) is 10.2. The summed E-state index contributed by atoms with van der Waals surface area (Å²) in [4.78, 5) is 0. The number of nitrogens with zero attached hydrogens (tertiary/aromatic N) is 1. The molecule has 0 spiro atoms. The lowest BCUT2D eigenvalue weighted by Gasteiger charge is -1.92. The number of hydrogen-bond donors (Lipinski definition) is 0. The summed E-state index contributed by atoms with van der Waals surface area (Å²) < 4.78 is 0.694. The summed E-state index contributed by atoms with van der Waals surface area (Å²) >= 11 is 0. The minimum atomic E-state index is 0.503. The van der Waals surface area contributed by atoms with Gasteiger partial charge in [-0.25, -0.2) is 0 Å². The molecule has 0 N–H and O–H groups in total. The highest BCUT2D eigenvalue weighted by Crippen LogP contribution is 1.72. The number of hydroxylamine groups is 1. The van der Waals surface area contributed by atoms with Crippen molar-refractivity contribution in [2.24, 2.45) is 0 Å². The van der Waals surface area contributed by atoms with E-state index in [-0.39, 0.29) is 0 Å². The molecule has 2 nitrogen and oxygen atoms in total. The molecule has 0 unspecified atom stereocenters. The summed E-state index contributed by atoms with van der Waals surface area (Å²) in [6.07, 6.45) is 0.853. The first-order chi connectivity index (χ1) is 3.31. The van der Waals surface area contributed by atoms with Crippen molar-refractivity contribution < 1.29 is 4.74 Å². The van der Waals surface area contributed by atoms with E-state index in [1.807, 2.05) is 6.92 Å². The van der Waals surface area contributed by atoms with Gasteiger partial charge in [0.05, 0.1) is 0 Å². The Hall–Kier alpha value is -0.750. The molecular formula is C5H9NO. The third kappa shape index (κ3) is 3.07. The topological polar surface area (TPSA) is 26.1 Å². The van der Waals surface area contributed by atoms with Crippen LogP contribution in [0.4, 0.5) is 0 Å². The van der Waals surface area contributed by atoms with Gasteiger partial charge in [0.25, 0.3) is 0 Å². The van der Waals surface area contributed by atoms with E-state index in [1.165, 1.54) is 0 Å². The predicted octanol–water partition coefficient (Wildman–Crippen LogP) is 0.762. The van der Waals surface area contributed by atoms with Gasteiger partial charge < -0.3 is 5.21 Å². The van der Waals surface area contributed by atoms with Crippen molar-refractivity contribution in [3.05, 3.63) is 11.8 Å². The minimum absolute atomic E-state index is 0.503. The van der Waals surface area contributed by atoms with Crippen molar-refractivity contribution in [3.63, 3.8) is 0 Å². The molecule has 0 saturated carbocycles. The minimum Gasteiger partial charge on any atom is -0.615 e. The average molecular weight is 99.1 g/mol. The maximum Gasteiger partial charge on any atom is 0.171 e. The van der Waals surface area contributed by atoms with Crippen LogP contribution in [0.5, 0.6) is 0 Å². The van der Waals surface area contributed by atoms with E-state index in [1.54, 1.807) is 0 Å². The molecule has 7 heavy (non-hydrogen) atoms. The standard InChI is InChI=1S/C5H9NO/c1-3-5-6(7)4-2/h2-3,5H2,1H3. The van der Waals surface area contributed by atoms with Crippen LogP contribution in [0.3, 0.4) is 0 Å². The Morgan fingerprint density at radius 1 is 1.86 bits per heavy atom. The first-order valence-electron chi connectivity index (χ1n) is 2.28. The Morgan fingerprint density at radius 2 is 2.43 bits per heavy atom. The van der Waals surface area contributed by atoms with Crippen LogP contribution in [0.15, 0.2) is 6.58 Å². The third-order valence-electron chi connectivity index (χ3n) is 0.603. The molecule has 0 bridgehead atoms. The molecule has 0 aliphatic carbocycles. The quantitative estimate of drug-likeness (QED) is 0.217. The second-order valence-corrected chi connectivity index (χ2v) is 1.26. The maximum absolute atomic E-state index is 10.2. The van der Waals surface area contributed by atoms with Gasteiger partial charge in [0.2, 0.25) is 0 Å². The largest absolute Gasteiger partial charge is 0.615 e. The molecule has 2 heteroatoms. The van der Waals surface area contributed by atoms with Gasteiger partial charge in [0.1, 0.15) is 0 Å². The van der Waals surface area contributed by atoms with E-state index >= 15 is 0 Å². The second kappa shape index (κ2) is 3.44. The van der Waals surface area contributed by atoms with Crippen LogP contribution in [-0.2, 0) is 0 Å². The predicted molar refractivity (Wildman–Crippen MR) is 29.4 cm³/mol. The van der Waals surface area contributed by atoms with Crippen molar-refractivity contribution >= 4 is 5.87 Å². The van der Waals surface area contributed by atoms with E-state index in [2.05, 4.69) is 12.4 Å². The third-order valence-corrected chi connectivity index (χ3v) is 0.603. The molecule has 0 fully saturated rings. The number of hydrogen-bond acceptors (Lipinski definition) is 1. The highest BCUT2D eigenvalue weighted by atomic mass is 16.5. The fraction of sp³-hybridized carbons (Fsp3) is 0.600. The highest BCUT2D eigenvalue weighted by molar-refractivity contribution is 5.39. The lowest BCUT2D eigenvalue weighted by Crippen LogP contribution is -2.00. The molecule has 0 aliphatic rings. The maximum atomic E-state index is 10.2. The van der Waals surface area contributed by atoms with Gasteiger partial charge in [-0.3, -0.25) is 0 Å². The molecule has 0 aromatic rings. The Labute approximate surface area is 43.4 Å². The van der Waals surface area contributed by atoms with Crippen molar-refractivity contribution in [1.82, 2.24) is 0 Å². The Balaban J connectivity index is 3.37. The molecule has 0 radical (unpaired) electrons. The molecule has 0 saturated heterocycles. The molecule has 0 atom stereocenters. The van der Waals surface area contributed by atoms with Crippen molar-refractivity contribution in [2.75, 3.05) is 6.54 Å². The van der Waals surface area contributed by atoms with Crippen molar-refractivity contribution in [1.29, 1.82) is 0 Å². The van der Waals surface area contributed by atoms with Gasteiger partial charge in [-0.2, -0.15) is 4.74 Å². The summed E-state index contributed by atoms with van der Waals surface area (Å²) in [6, 6.07) is 0. The Bertz CT molecular complexity index is 92.3. The number of rotatable bonds is 2. The Kier molecular flexibility index (Phi) is 3.07. The van der Waals surface area contributed by atoms with Gasteiger partial charge in [0.15, 0.2) is 12.4 Å². The fourth-order valence-electron chi connectivity index (χ4n) is 0.282. The van der Waals surface area contributed by atoms with Crippen molar-refractivity contribution in [2.45, 2.75) is 13.3 Å². The van der Waals surface area contributed by atoms with Crippen LogP contribution in [0.25, 0.3) is 0 Å². The lowest BCUT2D eigenvalue weighted by molar-refractivity contribution is -0.450. The zero-order chi connectivity index (χ0) is 5.70. The van der Waals surface area contributed by atoms with E-state index in [4.69, 9.17) is 0 Å². The normalized spacial score (nSPS) is 7.57. The van der Waals surface area contributed by atoms with Crippen LogP contribution in [0.2, 0.25) is 0 Å². The van der Waals surface area contributed by atoms with E-state index in [0.717, 1.165) is 6.42 Å². The van der Waals surface area contributed by atoms with Crippen LogP contribution in [-0.4, -0.2) is 17.2 Å². The van der Waals surface area contributed by atoms with Gasteiger partial charge in [0, 0.05) is 13.0 Å². The molecule has 40 valence electrons. The first-order valence-corrected chi connectivity index (χ1v) is 2.28. The molecule has 0 aromatic carbocycles. The smallest absolute Gasteiger partial charge is 0.171 e. The summed E-state index contributed by atoms with van der Waals surface area (Å²) in [7, 11) is 0. The van der Waals surface area contributed by atoms with E-state index < -0.39 is 0 Å². The van der Waals surface area contributed by atoms with Gasteiger partial charge in [-0.15, -0.1) is 0 Å². The molecule has 0 heterocycles. The average Bonchev–Trinajstić information content (AvgIpc) is 1.68.